The fourth-order valence-electron chi connectivity index (χ4n) is 2.51. The molecule has 14 heavy (non-hydrogen) atoms. The van der Waals surface area contributed by atoms with Crippen molar-refractivity contribution in [3.05, 3.63) is 11.9 Å². The van der Waals surface area contributed by atoms with Gasteiger partial charge in [0.25, 0.3) is 0 Å². The van der Waals surface area contributed by atoms with Gasteiger partial charge in [-0.2, -0.15) is 0 Å². The fraction of sp³-hybridized carbons (Fsp3) is 0.600. The van der Waals surface area contributed by atoms with Gasteiger partial charge in [-0.3, -0.25) is 0 Å². The summed E-state index contributed by atoms with van der Waals surface area (Å²) < 4.78 is 0. The standard InChI is InChI=1S/C10H14N4/c1-10-2-4-11-8-7(10)9(12-5-3-10)14-6-13-8/h6H,2-5H2,1H3,(H2,11,12,13,14). The van der Waals surface area contributed by atoms with E-state index < -0.39 is 0 Å². The number of hydrogen-bond donors (Lipinski definition) is 2. The Bertz CT molecular complexity index is 346. The largest absolute Gasteiger partial charge is 0.370 e. The van der Waals surface area contributed by atoms with Crippen LogP contribution < -0.4 is 10.6 Å². The van der Waals surface area contributed by atoms with E-state index in [1.807, 2.05) is 0 Å². The SMILES string of the molecule is CC12CCNc3ncnc(c31)NCC2. The summed E-state index contributed by atoms with van der Waals surface area (Å²) in [6, 6.07) is 0. The number of anilines is 2. The van der Waals surface area contributed by atoms with Gasteiger partial charge in [-0.15, -0.1) is 0 Å². The van der Waals surface area contributed by atoms with E-state index in [-0.39, 0.29) is 5.41 Å². The van der Waals surface area contributed by atoms with Crippen LogP contribution in [0.3, 0.4) is 0 Å². The van der Waals surface area contributed by atoms with Crippen LogP contribution in [0.4, 0.5) is 11.6 Å². The molecule has 0 saturated carbocycles. The van der Waals surface area contributed by atoms with Crippen LogP contribution >= 0.6 is 0 Å². The molecule has 0 radical (unpaired) electrons. The zero-order chi connectivity index (χ0) is 9.60. The molecule has 74 valence electrons. The van der Waals surface area contributed by atoms with Crippen molar-refractivity contribution >= 4 is 11.6 Å². The molecular weight excluding hydrogens is 176 g/mol. The molecule has 0 fully saturated rings. The zero-order valence-corrected chi connectivity index (χ0v) is 8.30. The Kier molecular flexibility index (Phi) is 1.48. The third-order valence-corrected chi connectivity index (χ3v) is 3.39. The van der Waals surface area contributed by atoms with Crippen molar-refractivity contribution in [2.45, 2.75) is 25.2 Å². The van der Waals surface area contributed by atoms with Crippen LogP contribution in [0.25, 0.3) is 0 Å². The molecular formula is C10H14N4. The number of aromatic nitrogens is 2. The van der Waals surface area contributed by atoms with Gasteiger partial charge >= 0.3 is 0 Å². The molecule has 3 heterocycles. The Morgan fingerprint density at radius 1 is 1.14 bits per heavy atom. The Hall–Kier alpha value is -1.32. The lowest BCUT2D eigenvalue weighted by molar-refractivity contribution is 0.399. The average Bonchev–Trinajstić information content (AvgIpc) is 2.18. The van der Waals surface area contributed by atoms with Crippen molar-refractivity contribution in [1.82, 2.24) is 9.97 Å². The van der Waals surface area contributed by atoms with Crippen LogP contribution in [0.2, 0.25) is 0 Å². The fourth-order valence-corrected chi connectivity index (χ4v) is 2.51. The normalized spacial score (nSPS) is 21.8. The molecule has 0 aliphatic carbocycles. The van der Waals surface area contributed by atoms with Gasteiger partial charge in [-0.1, -0.05) is 6.92 Å². The summed E-state index contributed by atoms with van der Waals surface area (Å²) in [7, 11) is 0. The highest BCUT2D eigenvalue weighted by atomic mass is 15.1. The lowest BCUT2D eigenvalue weighted by Gasteiger charge is -2.40. The minimum absolute atomic E-state index is 0.280. The van der Waals surface area contributed by atoms with Crippen LogP contribution in [0, 0.1) is 0 Å². The molecule has 1 aromatic heterocycles. The number of hydrogen-bond acceptors (Lipinski definition) is 4. The Morgan fingerprint density at radius 2 is 1.71 bits per heavy atom. The van der Waals surface area contributed by atoms with E-state index in [9.17, 15) is 0 Å². The topological polar surface area (TPSA) is 49.8 Å². The molecule has 0 bridgehead atoms. The van der Waals surface area contributed by atoms with E-state index in [2.05, 4.69) is 27.5 Å². The van der Waals surface area contributed by atoms with E-state index >= 15 is 0 Å². The van der Waals surface area contributed by atoms with Gasteiger partial charge in [0.15, 0.2) is 0 Å². The molecule has 4 heteroatoms. The molecule has 2 aliphatic rings. The second-order valence-corrected chi connectivity index (χ2v) is 4.36. The van der Waals surface area contributed by atoms with Gasteiger partial charge in [0.2, 0.25) is 0 Å². The van der Waals surface area contributed by atoms with Gasteiger partial charge in [0, 0.05) is 24.1 Å². The van der Waals surface area contributed by atoms with Gasteiger partial charge in [0.1, 0.15) is 18.0 Å². The lowest BCUT2D eigenvalue weighted by atomic mass is 9.73. The van der Waals surface area contributed by atoms with Crippen molar-refractivity contribution in [3.63, 3.8) is 0 Å². The van der Waals surface area contributed by atoms with Crippen molar-refractivity contribution in [2.24, 2.45) is 0 Å². The molecule has 0 atom stereocenters. The van der Waals surface area contributed by atoms with E-state index in [0.29, 0.717) is 0 Å². The molecule has 0 saturated heterocycles. The number of rotatable bonds is 0. The monoisotopic (exact) mass is 190 g/mol. The molecule has 0 spiro atoms. The third-order valence-electron chi connectivity index (χ3n) is 3.39. The first kappa shape index (κ1) is 8.03. The minimum Gasteiger partial charge on any atom is -0.370 e. The van der Waals surface area contributed by atoms with Crippen molar-refractivity contribution < 1.29 is 0 Å². The molecule has 0 unspecified atom stereocenters. The molecule has 0 aromatic carbocycles. The third kappa shape index (κ3) is 0.937. The van der Waals surface area contributed by atoms with Gasteiger partial charge in [-0.05, 0) is 12.8 Å². The summed E-state index contributed by atoms with van der Waals surface area (Å²) in [4.78, 5) is 8.59. The van der Waals surface area contributed by atoms with Gasteiger partial charge < -0.3 is 10.6 Å². The maximum absolute atomic E-state index is 4.30. The van der Waals surface area contributed by atoms with E-state index in [1.54, 1.807) is 6.33 Å². The van der Waals surface area contributed by atoms with Crippen LogP contribution in [-0.2, 0) is 5.41 Å². The highest BCUT2D eigenvalue weighted by Crippen LogP contribution is 2.43. The second-order valence-electron chi connectivity index (χ2n) is 4.36. The summed E-state index contributed by atoms with van der Waals surface area (Å²) in [5, 5.41) is 6.67. The maximum Gasteiger partial charge on any atom is 0.135 e. The number of nitrogens with zero attached hydrogens (tertiary/aromatic N) is 2. The maximum atomic E-state index is 4.30. The molecule has 2 aliphatic heterocycles. The second kappa shape index (κ2) is 2.59. The van der Waals surface area contributed by atoms with Gasteiger partial charge in [0.05, 0.1) is 0 Å². The predicted octanol–water partition coefficient (Wildman–Crippen LogP) is 1.37. The Labute approximate surface area is 83.1 Å². The Balaban J connectivity index is 2.25. The zero-order valence-electron chi connectivity index (χ0n) is 8.30. The highest BCUT2D eigenvalue weighted by Gasteiger charge is 2.37. The van der Waals surface area contributed by atoms with Crippen LogP contribution in [0.15, 0.2) is 6.33 Å². The first-order valence-corrected chi connectivity index (χ1v) is 5.13. The molecule has 1 aromatic rings. The predicted molar refractivity (Wildman–Crippen MR) is 55.6 cm³/mol. The van der Waals surface area contributed by atoms with Crippen LogP contribution in [-0.4, -0.2) is 23.1 Å². The van der Waals surface area contributed by atoms with E-state index in [1.165, 1.54) is 18.4 Å². The summed E-state index contributed by atoms with van der Waals surface area (Å²) >= 11 is 0. The molecule has 2 N–H and O–H groups in total. The summed E-state index contributed by atoms with van der Waals surface area (Å²) in [6.45, 7) is 4.38. The minimum atomic E-state index is 0.280. The summed E-state index contributed by atoms with van der Waals surface area (Å²) in [5.74, 6) is 2.05. The molecule has 4 nitrogen and oxygen atoms in total. The number of nitrogens with one attached hydrogen (secondary N) is 2. The van der Waals surface area contributed by atoms with E-state index in [0.717, 1.165) is 24.7 Å². The van der Waals surface area contributed by atoms with Crippen molar-refractivity contribution in [3.8, 4) is 0 Å². The summed E-state index contributed by atoms with van der Waals surface area (Å²) in [5.41, 5.74) is 1.57. The lowest BCUT2D eigenvalue weighted by Crippen LogP contribution is -2.38. The quantitative estimate of drug-likeness (QED) is 0.648. The first-order chi connectivity index (χ1) is 6.80. The Morgan fingerprint density at radius 3 is 2.29 bits per heavy atom. The van der Waals surface area contributed by atoms with Crippen LogP contribution in [0.5, 0.6) is 0 Å². The van der Waals surface area contributed by atoms with E-state index in [4.69, 9.17) is 0 Å². The highest BCUT2D eigenvalue weighted by molar-refractivity contribution is 5.64. The summed E-state index contributed by atoms with van der Waals surface area (Å²) in [6.07, 6.45) is 4.00. The first-order valence-electron chi connectivity index (χ1n) is 5.13. The van der Waals surface area contributed by atoms with Crippen molar-refractivity contribution in [1.29, 1.82) is 0 Å². The van der Waals surface area contributed by atoms with Gasteiger partial charge in [-0.25, -0.2) is 9.97 Å². The van der Waals surface area contributed by atoms with Crippen molar-refractivity contribution in [2.75, 3.05) is 23.7 Å². The molecule has 0 amide bonds. The average molecular weight is 190 g/mol. The van der Waals surface area contributed by atoms with Crippen LogP contribution in [0.1, 0.15) is 25.3 Å². The molecule has 3 rings (SSSR count). The smallest absolute Gasteiger partial charge is 0.135 e.